The number of hydrogen-bond donors (Lipinski definition) is 1. The predicted molar refractivity (Wildman–Crippen MR) is 237 cm³/mol. The third kappa shape index (κ3) is 5.14. The van der Waals surface area contributed by atoms with Gasteiger partial charge in [0.1, 0.15) is 23.2 Å². The average Bonchev–Trinajstić information content (AvgIpc) is 3.96. The lowest BCUT2D eigenvalue weighted by atomic mass is 9.91. The van der Waals surface area contributed by atoms with E-state index >= 15 is 0 Å². The number of fused-ring (bicyclic) bond motifs is 9. The zero-order valence-electron chi connectivity index (χ0n) is 30.7. The number of nitrogens with zero attached hydrogens (tertiary/aromatic N) is 3. The van der Waals surface area contributed by atoms with Crippen LogP contribution in [-0.2, 0) is 0 Å². The van der Waals surface area contributed by atoms with Gasteiger partial charge in [0.15, 0.2) is 5.84 Å². The van der Waals surface area contributed by atoms with E-state index in [1.165, 1.54) is 37.0 Å². The molecule has 3 aliphatic rings. The van der Waals surface area contributed by atoms with Crippen molar-refractivity contribution in [1.29, 1.82) is 0 Å². The molecule has 2 aromatic heterocycles. The van der Waals surface area contributed by atoms with Crippen molar-refractivity contribution in [2.45, 2.75) is 18.1 Å². The van der Waals surface area contributed by atoms with Crippen molar-refractivity contribution >= 4 is 76.5 Å². The SMILES string of the molecule is C1=CC2c3ccccc3N(c3ccc4oc5cccc(-c6cccc7sc8ccc(C9=NC(c%10ccccc%10)=NC(c%10ccccc%10)N9)cc8c67)c5c4c3)C2C=C1. The first-order chi connectivity index (χ1) is 28.2. The Kier molecular flexibility index (Phi) is 7.22. The van der Waals surface area contributed by atoms with Crippen molar-refractivity contribution in [3.63, 3.8) is 0 Å². The summed E-state index contributed by atoms with van der Waals surface area (Å²) in [4.78, 5) is 12.7. The molecule has 3 unspecified atom stereocenters. The molecule has 9 aromatic rings. The fraction of sp³-hybridized carbons (Fsp3) is 0.0588. The Balaban J connectivity index is 1.01. The Labute approximate surface area is 333 Å². The van der Waals surface area contributed by atoms with Crippen LogP contribution < -0.4 is 10.2 Å². The van der Waals surface area contributed by atoms with Crippen LogP contribution in [0.25, 0.3) is 53.2 Å². The van der Waals surface area contributed by atoms with Gasteiger partial charge in [0.05, 0.1) is 6.04 Å². The van der Waals surface area contributed by atoms with Crippen LogP contribution in [0.4, 0.5) is 11.4 Å². The highest BCUT2D eigenvalue weighted by molar-refractivity contribution is 7.26. The standard InChI is InChI=1S/C51H34N4OS/c1-3-13-31(14-4-1)49-52-50(32-15-5-2-6-16-32)54-51(53-49)33-25-28-45-40(29-33)48-38(20-12-24-46(48)57-45)37-19-11-23-44-47(37)39-30-34(26-27-43(39)56-44)55-41-21-9-7-17-35(41)36-18-8-10-22-42(36)55/h1-30,35,41,49H,(H,52,53,54). The number of hydrogen-bond acceptors (Lipinski definition) is 6. The van der Waals surface area contributed by atoms with Gasteiger partial charge in [-0.3, -0.25) is 0 Å². The Morgan fingerprint density at radius 3 is 2.28 bits per heavy atom. The van der Waals surface area contributed by atoms with Gasteiger partial charge in [0.25, 0.3) is 0 Å². The first-order valence-corrected chi connectivity index (χ1v) is 20.2. The Morgan fingerprint density at radius 1 is 0.596 bits per heavy atom. The van der Waals surface area contributed by atoms with Crippen LogP contribution in [-0.4, -0.2) is 17.7 Å². The molecule has 0 radical (unpaired) electrons. The first-order valence-electron chi connectivity index (χ1n) is 19.4. The molecule has 2 aliphatic heterocycles. The third-order valence-corrected chi connectivity index (χ3v) is 12.8. The summed E-state index contributed by atoms with van der Waals surface area (Å²) < 4.78 is 9.08. The van der Waals surface area contributed by atoms with E-state index in [9.17, 15) is 0 Å². The molecule has 0 saturated carbocycles. The normalized spacial score (nSPS) is 18.5. The van der Waals surface area contributed by atoms with Gasteiger partial charge in [0, 0.05) is 59.4 Å². The lowest BCUT2D eigenvalue weighted by Crippen LogP contribution is -2.33. The minimum Gasteiger partial charge on any atom is -0.456 e. The van der Waals surface area contributed by atoms with Crippen molar-refractivity contribution in [3.8, 4) is 11.1 Å². The van der Waals surface area contributed by atoms with Crippen molar-refractivity contribution in [3.05, 3.63) is 204 Å². The first kappa shape index (κ1) is 32.2. The monoisotopic (exact) mass is 750 g/mol. The summed E-state index contributed by atoms with van der Waals surface area (Å²) in [5, 5.41) is 8.36. The van der Waals surface area contributed by atoms with Gasteiger partial charge >= 0.3 is 0 Å². The quantitative estimate of drug-likeness (QED) is 0.191. The van der Waals surface area contributed by atoms with Gasteiger partial charge in [-0.15, -0.1) is 11.3 Å². The average molecular weight is 751 g/mol. The number of aliphatic imine (C=N–C) groups is 2. The van der Waals surface area contributed by atoms with Crippen molar-refractivity contribution in [2.75, 3.05) is 4.90 Å². The van der Waals surface area contributed by atoms with Crippen molar-refractivity contribution in [2.24, 2.45) is 9.98 Å². The van der Waals surface area contributed by atoms with Gasteiger partial charge in [-0.2, -0.15) is 0 Å². The summed E-state index contributed by atoms with van der Waals surface area (Å²) >= 11 is 1.83. The van der Waals surface area contributed by atoms with Gasteiger partial charge in [0.2, 0.25) is 0 Å². The van der Waals surface area contributed by atoms with Crippen molar-refractivity contribution < 1.29 is 4.42 Å². The molecule has 5 nitrogen and oxygen atoms in total. The number of thiophene rings is 1. The summed E-state index contributed by atoms with van der Waals surface area (Å²) in [6, 6.07) is 56.2. The van der Waals surface area contributed by atoms with E-state index in [1.54, 1.807) is 0 Å². The van der Waals surface area contributed by atoms with E-state index in [0.717, 1.165) is 61.6 Å². The second-order valence-electron chi connectivity index (χ2n) is 14.9. The summed E-state index contributed by atoms with van der Waals surface area (Å²) in [6.45, 7) is 0. The number of allylic oxidation sites excluding steroid dienone is 2. The number of amidine groups is 2. The molecule has 270 valence electrons. The summed E-state index contributed by atoms with van der Waals surface area (Å²) in [5.41, 5.74) is 11.0. The number of nitrogens with one attached hydrogen (secondary N) is 1. The largest absolute Gasteiger partial charge is 0.456 e. The molecule has 4 heterocycles. The predicted octanol–water partition coefficient (Wildman–Crippen LogP) is 12.8. The lowest BCUT2D eigenvalue weighted by Gasteiger charge is -2.28. The Bertz CT molecular complexity index is 3190. The molecule has 0 saturated heterocycles. The van der Waals surface area contributed by atoms with Crippen LogP contribution in [0.2, 0.25) is 0 Å². The van der Waals surface area contributed by atoms with Crippen LogP contribution in [0.15, 0.2) is 196 Å². The Morgan fingerprint density at radius 2 is 1.39 bits per heavy atom. The highest BCUT2D eigenvalue weighted by Gasteiger charge is 2.37. The van der Waals surface area contributed by atoms with E-state index in [0.29, 0.717) is 5.92 Å². The highest BCUT2D eigenvalue weighted by atomic mass is 32.1. The van der Waals surface area contributed by atoms with Crippen LogP contribution in [0.5, 0.6) is 0 Å². The maximum absolute atomic E-state index is 6.60. The molecule has 0 bridgehead atoms. The summed E-state index contributed by atoms with van der Waals surface area (Å²) in [7, 11) is 0. The minimum absolute atomic E-state index is 0.226. The van der Waals surface area contributed by atoms with Gasteiger partial charge in [-0.25, -0.2) is 9.98 Å². The molecule has 0 amide bonds. The topological polar surface area (TPSA) is 53.1 Å². The molecule has 7 aromatic carbocycles. The van der Waals surface area contributed by atoms with Gasteiger partial charge in [-0.05, 0) is 76.9 Å². The molecule has 0 spiro atoms. The van der Waals surface area contributed by atoms with E-state index in [1.807, 2.05) is 35.6 Å². The summed E-state index contributed by atoms with van der Waals surface area (Å²) in [6.07, 6.45) is 8.75. The van der Waals surface area contributed by atoms with Crippen LogP contribution in [0.3, 0.4) is 0 Å². The molecule has 6 heteroatoms. The molecular weight excluding hydrogens is 717 g/mol. The zero-order valence-corrected chi connectivity index (χ0v) is 31.5. The van der Waals surface area contributed by atoms with E-state index in [4.69, 9.17) is 14.4 Å². The second kappa shape index (κ2) is 12.8. The zero-order chi connectivity index (χ0) is 37.5. The number of furan rings is 1. The van der Waals surface area contributed by atoms with Gasteiger partial charge in [-0.1, -0.05) is 127 Å². The minimum atomic E-state index is -0.262. The van der Waals surface area contributed by atoms with E-state index in [2.05, 4.69) is 168 Å². The molecule has 57 heavy (non-hydrogen) atoms. The fourth-order valence-electron chi connectivity index (χ4n) is 9.10. The highest BCUT2D eigenvalue weighted by Crippen LogP contribution is 2.49. The summed E-state index contributed by atoms with van der Waals surface area (Å²) in [5.74, 6) is 1.85. The van der Waals surface area contributed by atoms with E-state index in [-0.39, 0.29) is 12.2 Å². The molecule has 12 rings (SSSR count). The molecular formula is C51H34N4OS. The number of anilines is 2. The molecule has 1 aliphatic carbocycles. The third-order valence-electron chi connectivity index (χ3n) is 11.7. The van der Waals surface area contributed by atoms with E-state index < -0.39 is 0 Å². The maximum atomic E-state index is 6.60. The van der Waals surface area contributed by atoms with Crippen LogP contribution in [0, 0.1) is 0 Å². The smallest absolute Gasteiger partial charge is 0.159 e. The Hall–Kier alpha value is -7.02. The fourth-order valence-corrected chi connectivity index (χ4v) is 10.2. The number of rotatable bonds is 5. The molecule has 3 atom stereocenters. The van der Waals surface area contributed by atoms with Crippen molar-refractivity contribution in [1.82, 2.24) is 5.32 Å². The maximum Gasteiger partial charge on any atom is 0.159 e. The molecule has 1 N–H and O–H groups in total. The van der Waals surface area contributed by atoms with Crippen LogP contribution in [0.1, 0.15) is 34.3 Å². The number of benzene rings is 7. The number of para-hydroxylation sites is 1. The lowest BCUT2D eigenvalue weighted by molar-refractivity contribution is 0.669. The molecule has 0 fully saturated rings. The van der Waals surface area contributed by atoms with Crippen LogP contribution >= 0.6 is 11.3 Å². The second-order valence-corrected chi connectivity index (χ2v) is 16.0. The van der Waals surface area contributed by atoms with Gasteiger partial charge < -0.3 is 14.6 Å².